The van der Waals surface area contributed by atoms with E-state index in [1.807, 2.05) is 19.1 Å². The Bertz CT molecular complexity index is 809. The smallest absolute Gasteiger partial charge is 0.326 e. The number of amides is 1. The highest BCUT2D eigenvalue weighted by Crippen LogP contribution is 2.19. The number of hydrogen-bond acceptors (Lipinski definition) is 3. The van der Waals surface area contributed by atoms with Crippen LogP contribution in [0.1, 0.15) is 32.6 Å². The Morgan fingerprint density at radius 2 is 1.72 bits per heavy atom. The van der Waals surface area contributed by atoms with Crippen LogP contribution in [-0.2, 0) is 11.2 Å². The molecule has 3 N–H and O–H groups in total. The van der Waals surface area contributed by atoms with Gasteiger partial charge in [-0.15, -0.1) is 0 Å². The van der Waals surface area contributed by atoms with Crippen molar-refractivity contribution in [1.29, 1.82) is 0 Å². The lowest BCUT2D eigenvalue weighted by Gasteiger charge is -2.17. The van der Waals surface area contributed by atoms with Gasteiger partial charge in [0.15, 0.2) is 11.6 Å². The summed E-state index contributed by atoms with van der Waals surface area (Å²) >= 11 is 0. The molecule has 0 saturated carbocycles. The SMILES string of the molecule is Cc1cc(C)c(C(=O)NC(Cc2ccc(O)c(F)c2)C(=O)O)c(C)c1. The van der Waals surface area contributed by atoms with Crippen LogP contribution in [0.3, 0.4) is 0 Å². The molecule has 0 bridgehead atoms. The van der Waals surface area contributed by atoms with E-state index in [0.29, 0.717) is 11.1 Å². The molecule has 132 valence electrons. The summed E-state index contributed by atoms with van der Waals surface area (Å²) in [7, 11) is 0. The van der Waals surface area contributed by atoms with Gasteiger partial charge in [-0.1, -0.05) is 23.8 Å². The minimum absolute atomic E-state index is 0.0950. The van der Waals surface area contributed by atoms with Gasteiger partial charge in [-0.3, -0.25) is 4.79 Å². The number of benzene rings is 2. The van der Waals surface area contributed by atoms with Gasteiger partial charge in [0.05, 0.1) is 0 Å². The number of rotatable bonds is 5. The molecule has 2 aromatic rings. The van der Waals surface area contributed by atoms with E-state index in [-0.39, 0.29) is 6.42 Å². The summed E-state index contributed by atoms with van der Waals surface area (Å²) < 4.78 is 13.4. The second-order valence-electron chi connectivity index (χ2n) is 6.13. The summed E-state index contributed by atoms with van der Waals surface area (Å²) in [5, 5.41) is 21.1. The third-order valence-corrected chi connectivity index (χ3v) is 3.96. The molecule has 0 spiro atoms. The summed E-state index contributed by atoms with van der Waals surface area (Å²) in [4.78, 5) is 24.0. The van der Waals surface area contributed by atoms with Crippen LogP contribution >= 0.6 is 0 Å². The number of carbonyl (C=O) groups is 2. The lowest BCUT2D eigenvalue weighted by Crippen LogP contribution is -2.42. The van der Waals surface area contributed by atoms with Gasteiger partial charge < -0.3 is 15.5 Å². The van der Waals surface area contributed by atoms with E-state index in [2.05, 4.69) is 5.32 Å². The Balaban J connectivity index is 2.23. The van der Waals surface area contributed by atoms with Crippen LogP contribution in [0, 0.1) is 26.6 Å². The normalized spacial score (nSPS) is 11.8. The molecule has 0 aliphatic heterocycles. The molecule has 1 unspecified atom stereocenters. The standard InChI is InChI=1S/C19H20FNO4/c1-10-6-11(2)17(12(3)7-10)18(23)21-15(19(24)25)9-13-4-5-16(22)14(20)8-13/h4-8,15,22H,9H2,1-3H3,(H,21,23)(H,24,25). The van der Waals surface area contributed by atoms with Crippen molar-refractivity contribution in [3.05, 3.63) is 64.0 Å². The molecule has 2 rings (SSSR count). The van der Waals surface area contributed by atoms with E-state index >= 15 is 0 Å². The molecule has 1 amide bonds. The Labute approximate surface area is 145 Å². The lowest BCUT2D eigenvalue weighted by molar-refractivity contribution is -0.139. The van der Waals surface area contributed by atoms with Gasteiger partial charge in [0.1, 0.15) is 6.04 Å². The summed E-state index contributed by atoms with van der Waals surface area (Å²) in [6.45, 7) is 5.50. The van der Waals surface area contributed by atoms with Crippen LogP contribution in [-0.4, -0.2) is 28.1 Å². The Morgan fingerprint density at radius 1 is 1.12 bits per heavy atom. The summed E-state index contributed by atoms with van der Waals surface area (Å²) in [6.07, 6.45) is -0.0950. The maximum Gasteiger partial charge on any atom is 0.326 e. The monoisotopic (exact) mass is 345 g/mol. The van der Waals surface area contributed by atoms with Crippen LogP contribution in [0.5, 0.6) is 5.75 Å². The highest BCUT2D eigenvalue weighted by atomic mass is 19.1. The van der Waals surface area contributed by atoms with Gasteiger partial charge in [-0.25, -0.2) is 9.18 Å². The topological polar surface area (TPSA) is 86.6 Å². The number of hydrogen-bond donors (Lipinski definition) is 3. The minimum atomic E-state index is -1.22. The van der Waals surface area contributed by atoms with E-state index in [0.717, 1.165) is 28.8 Å². The number of carboxylic acid groups (broad SMARTS) is 1. The molecule has 5 nitrogen and oxygen atoms in total. The third-order valence-electron chi connectivity index (χ3n) is 3.96. The second-order valence-corrected chi connectivity index (χ2v) is 6.13. The van der Waals surface area contributed by atoms with Crippen LogP contribution in [0.15, 0.2) is 30.3 Å². The molecule has 0 radical (unpaired) electrons. The fourth-order valence-electron chi connectivity index (χ4n) is 2.88. The van der Waals surface area contributed by atoms with E-state index in [9.17, 15) is 24.2 Å². The van der Waals surface area contributed by atoms with E-state index in [1.54, 1.807) is 13.8 Å². The number of aromatic hydroxyl groups is 1. The number of phenols is 1. The molecule has 0 saturated heterocycles. The number of halogens is 1. The molecule has 0 aromatic heterocycles. The first-order valence-electron chi connectivity index (χ1n) is 7.78. The zero-order chi connectivity index (χ0) is 18.7. The fourth-order valence-corrected chi connectivity index (χ4v) is 2.88. The van der Waals surface area contributed by atoms with Gasteiger partial charge in [0.2, 0.25) is 0 Å². The van der Waals surface area contributed by atoms with E-state index < -0.39 is 29.5 Å². The fraction of sp³-hybridized carbons (Fsp3) is 0.263. The maximum atomic E-state index is 13.4. The van der Waals surface area contributed by atoms with Crippen molar-refractivity contribution in [3.8, 4) is 5.75 Å². The van der Waals surface area contributed by atoms with Crippen molar-refractivity contribution in [1.82, 2.24) is 5.32 Å². The largest absolute Gasteiger partial charge is 0.505 e. The average molecular weight is 345 g/mol. The predicted octanol–water partition coefficient (Wildman–Crippen LogP) is 2.88. The number of nitrogens with one attached hydrogen (secondary N) is 1. The first-order chi connectivity index (χ1) is 11.7. The molecular weight excluding hydrogens is 325 g/mol. The average Bonchev–Trinajstić information content (AvgIpc) is 2.49. The van der Waals surface area contributed by atoms with Crippen molar-refractivity contribution in [3.63, 3.8) is 0 Å². The molecule has 0 fully saturated rings. The van der Waals surface area contributed by atoms with E-state index in [1.165, 1.54) is 6.07 Å². The molecule has 2 aromatic carbocycles. The molecule has 6 heteroatoms. The van der Waals surface area contributed by atoms with Crippen LogP contribution in [0.2, 0.25) is 0 Å². The third kappa shape index (κ3) is 4.35. The highest BCUT2D eigenvalue weighted by Gasteiger charge is 2.23. The predicted molar refractivity (Wildman–Crippen MR) is 91.3 cm³/mol. The maximum absolute atomic E-state index is 13.4. The zero-order valence-corrected chi connectivity index (χ0v) is 14.3. The molecule has 1 atom stereocenters. The Hall–Kier alpha value is -2.89. The van der Waals surface area contributed by atoms with Crippen molar-refractivity contribution in [2.75, 3.05) is 0 Å². The first kappa shape index (κ1) is 18.4. The van der Waals surface area contributed by atoms with Crippen LogP contribution in [0.4, 0.5) is 4.39 Å². The van der Waals surface area contributed by atoms with Crippen LogP contribution < -0.4 is 5.32 Å². The lowest BCUT2D eigenvalue weighted by atomic mass is 9.98. The van der Waals surface area contributed by atoms with Crippen molar-refractivity contribution < 1.29 is 24.2 Å². The molecular formula is C19H20FNO4. The molecule has 25 heavy (non-hydrogen) atoms. The van der Waals surface area contributed by atoms with Crippen molar-refractivity contribution in [2.45, 2.75) is 33.2 Å². The second kappa shape index (κ2) is 7.34. The summed E-state index contributed by atoms with van der Waals surface area (Å²) in [5.41, 5.74) is 3.33. The van der Waals surface area contributed by atoms with Gasteiger partial charge in [0.25, 0.3) is 5.91 Å². The molecule has 0 aliphatic rings. The van der Waals surface area contributed by atoms with Gasteiger partial charge in [-0.2, -0.15) is 0 Å². The number of carbonyl (C=O) groups excluding carboxylic acids is 1. The molecule has 0 aliphatic carbocycles. The number of aryl methyl sites for hydroxylation is 3. The minimum Gasteiger partial charge on any atom is -0.505 e. The summed E-state index contributed by atoms with van der Waals surface area (Å²) in [6, 6.07) is 6.12. The Kier molecular flexibility index (Phi) is 5.41. The first-order valence-corrected chi connectivity index (χ1v) is 7.78. The van der Waals surface area contributed by atoms with E-state index in [4.69, 9.17) is 0 Å². The van der Waals surface area contributed by atoms with Crippen molar-refractivity contribution in [2.24, 2.45) is 0 Å². The number of aliphatic carboxylic acids is 1. The highest BCUT2D eigenvalue weighted by molar-refractivity contribution is 5.99. The van der Waals surface area contributed by atoms with Gasteiger partial charge >= 0.3 is 5.97 Å². The van der Waals surface area contributed by atoms with Crippen LogP contribution in [0.25, 0.3) is 0 Å². The van der Waals surface area contributed by atoms with Crippen molar-refractivity contribution >= 4 is 11.9 Å². The zero-order valence-electron chi connectivity index (χ0n) is 14.3. The quantitative estimate of drug-likeness (QED) is 0.778. The summed E-state index contributed by atoms with van der Waals surface area (Å²) in [5.74, 6) is -3.05. The number of carboxylic acids is 1. The Morgan fingerprint density at radius 3 is 2.24 bits per heavy atom. The van der Waals surface area contributed by atoms with Gasteiger partial charge in [0, 0.05) is 12.0 Å². The molecule has 0 heterocycles. The van der Waals surface area contributed by atoms with Gasteiger partial charge in [-0.05, 0) is 49.6 Å². The number of phenolic OH excluding ortho intramolecular Hbond substituents is 1.